The van der Waals surface area contributed by atoms with Crippen LogP contribution in [-0.4, -0.2) is 22.3 Å². The summed E-state index contributed by atoms with van der Waals surface area (Å²) in [6, 6.07) is 9.46. The van der Waals surface area contributed by atoms with Crippen LogP contribution in [0.4, 0.5) is 0 Å². The molecule has 2 aromatic rings. The second-order valence-corrected chi connectivity index (χ2v) is 4.04. The largest absolute Gasteiger partial charge is 0.478 e. The molecule has 1 heterocycles. The molecular formula is C13H8ClNO3. The van der Waals surface area contributed by atoms with E-state index in [0.29, 0.717) is 22.6 Å². The molecule has 90 valence electrons. The minimum Gasteiger partial charge on any atom is -0.478 e. The third-order valence-electron chi connectivity index (χ3n) is 2.33. The summed E-state index contributed by atoms with van der Waals surface area (Å²) in [4.78, 5) is 25.8. The van der Waals surface area contributed by atoms with Crippen LogP contribution >= 0.6 is 11.6 Å². The summed E-state index contributed by atoms with van der Waals surface area (Å²) >= 11 is 5.86. The van der Waals surface area contributed by atoms with Crippen LogP contribution in [0.1, 0.15) is 20.8 Å². The molecule has 0 aliphatic carbocycles. The number of carboxylic acids is 1. The normalized spacial score (nSPS) is 10.1. The molecule has 0 radical (unpaired) electrons. The molecule has 0 bridgehead atoms. The number of aromatic nitrogens is 1. The molecule has 0 saturated carbocycles. The van der Waals surface area contributed by atoms with Gasteiger partial charge in [0, 0.05) is 10.6 Å². The lowest BCUT2D eigenvalue weighted by Crippen LogP contribution is -2.01. The number of hydrogen-bond acceptors (Lipinski definition) is 3. The molecule has 0 unspecified atom stereocenters. The van der Waals surface area contributed by atoms with Gasteiger partial charge in [-0.1, -0.05) is 23.7 Å². The lowest BCUT2D eigenvalue weighted by Gasteiger charge is -2.04. The minimum atomic E-state index is -1.11. The summed E-state index contributed by atoms with van der Waals surface area (Å²) in [5.74, 6) is -1.11. The first-order valence-corrected chi connectivity index (χ1v) is 5.44. The highest BCUT2D eigenvalue weighted by Crippen LogP contribution is 2.22. The Morgan fingerprint density at radius 2 is 2.06 bits per heavy atom. The van der Waals surface area contributed by atoms with Crippen molar-refractivity contribution in [2.45, 2.75) is 0 Å². The Morgan fingerprint density at radius 3 is 2.67 bits per heavy atom. The molecular weight excluding hydrogens is 254 g/mol. The van der Waals surface area contributed by atoms with Gasteiger partial charge in [-0.3, -0.25) is 4.79 Å². The lowest BCUT2D eigenvalue weighted by atomic mass is 10.1. The zero-order valence-corrected chi connectivity index (χ0v) is 9.89. The molecule has 18 heavy (non-hydrogen) atoms. The zero-order valence-electron chi connectivity index (χ0n) is 9.13. The van der Waals surface area contributed by atoms with E-state index < -0.39 is 5.97 Å². The average molecular weight is 262 g/mol. The molecule has 4 nitrogen and oxygen atoms in total. The zero-order chi connectivity index (χ0) is 13.1. The first kappa shape index (κ1) is 12.3. The predicted octanol–water partition coefficient (Wildman–Crippen LogP) is 2.91. The number of rotatable bonds is 3. The number of carboxylic acid groups (broad SMARTS) is 1. The highest BCUT2D eigenvalue weighted by atomic mass is 35.5. The van der Waals surface area contributed by atoms with Gasteiger partial charge in [0.2, 0.25) is 0 Å². The van der Waals surface area contributed by atoms with E-state index in [1.807, 2.05) is 0 Å². The maximum absolute atomic E-state index is 10.9. The topological polar surface area (TPSA) is 67.3 Å². The van der Waals surface area contributed by atoms with Crippen LogP contribution in [0.25, 0.3) is 11.3 Å². The smallest absolute Gasteiger partial charge is 0.335 e. The molecule has 0 aliphatic heterocycles. The lowest BCUT2D eigenvalue weighted by molar-refractivity contribution is 0.0697. The van der Waals surface area contributed by atoms with Crippen LogP contribution in [0.3, 0.4) is 0 Å². The van der Waals surface area contributed by atoms with E-state index >= 15 is 0 Å². The van der Waals surface area contributed by atoms with E-state index in [1.165, 1.54) is 12.1 Å². The molecule has 0 fully saturated rings. The van der Waals surface area contributed by atoms with E-state index in [0.717, 1.165) is 0 Å². The van der Waals surface area contributed by atoms with Gasteiger partial charge in [-0.25, -0.2) is 9.78 Å². The summed E-state index contributed by atoms with van der Waals surface area (Å²) < 4.78 is 0. The van der Waals surface area contributed by atoms with Gasteiger partial charge in [-0.2, -0.15) is 0 Å². The number of carbonyl (C=O) groups excluding carboxylic acids is 1. The molecule has 0 amide bonds. The number of aromatic carboxylic acids is 1. The van der Waals surface area contributed by atoms with E-state index in [4.69, 9.17) is 16.7 Å². The fourth-order valence-electron chi connectivity index (χ4n) is 1.53. The molecule has 1 N–H and O–H groups in total. The number of halogens is 1. The summed E-state index contributed by atoms with van der Waals surface area (Å²) in [7, 11) is 0. The van der Waals surface area contributed by atoms with Gasteiger partial charge in [0.05, 0.1) is 11.3 Å². The molecule has 5 heteroatoms. The van der Waals surface area contributed by atoms with Crippen LogP contribution in [0, 0.1) is 0 Å². The number of nitrogens with zero attached hydrogens (tertiary/aromatic N) is 1. The molecule has 0 spiro atoms. The van der Waals surface area contributed by atoms with Gasteiger partial charge in [-0.15, -0.1) is 0 Å². The van der Waals surface area contributed by atoms with Gasteiger partial charge >= 0.3 is 5.97 Å². The standard InChI is InChI=1S/C13H8ClNO3/c14-10-3-1-2-8(4-10)12-6-9(13(17)18)5-11(7-16)15-12/h1-7H,(H,17,18). The summed E-state index contributed by atoms with van der Waals surface area (Å²) in [5, 5.41) is 9.48. The maximum Gasteiger partial charge on any atom is 0.335 e. The maximum atomic E-state index is 10.9. The van der Waals surface area contributed by atoms with Crippen LogP contribution in [0.15, 0.2) is 36.4 Å². The summed E-state index contributed by atoms with van der Waals surface area (Å²) in [6.45, 7) is 0. The third-order valence-corrected chi connectivity index (χ3v) is 2.57. The highest BCUT2D eigenvalue weighted by molar-refractivity contribution is 6.30. The van der Waals surface area contributed by atoms with Crippen molar-refractivity contribution in [2.75, 3.05) is 0 Å². The Balaban J connectivity index is 2.60. The van der Waals surface area contributed by atoms with Crippen molar-refractivity contribution >= 4 is 23.9 Å². The van der Waals surface area contributed by atoms with Crippen molar-refractivity contribution in [3.63, 3.8) is 0 Å². The van der Waals surface area contributed by atoms with Gasteiger partial charge in [-0.05, 0) is 24.3 Å². The second-order valence-electron chi connectivity index (χ2n) is 3.60. The fraction of sp³-hybridized carbons (Fsp3) is 0. The van der Waals surface area contributed by atoms with Crippen molar-refractivity contribution in [2.24, 2.45) is 0 Å². The molecule has 0 aliphatic rings. The number of aldehydes is 1. The Labute approximate surface area is 108 Å². The number of pyridine rings is 1. The van der Waals surface area contributed by atoms with Crippen LogP contribution in [0.2, 0.25) is 5.02 Å². The van der Waals surface area contributed by atoms with Gasteiger partial charge < -0.3 is 5.11 Å². The van der Waals surface area contributed by atoms with Crippen LogP contribution < -0.4 is 0 Å². The Bertz CT molecular complexity index is 625. The van der Waals surface area contributed by atoms with Crippen molar-refractivity contribution in [3.8, 4) is 11.3 Å². The van der Waals surface area contributed by atoms with E-state index in [1.54, 1.807) is 24.3 Å². The molecule has 1 aromatic heterocycles. The third kappa shape index (κ3) is 2.55. The first-order chi connectivity index (χ1) is 8.60. The Morgan fingerprint density at radius 1 is 1.28 bits per heavy atom. The van der Waals surface area contributed by atoms with Crippen LogP contribution in [-0.2, 0) is 0 Å². The van der Waals surface area contributed by atoms with Gasteiger partial charge in [0.25, 0.3) is 0 Å². The van der Waals surface area contributed by atoms with Crippen molar-refractivity contribution in [3.05, 3.63) is 52.7 Å². The van der Waals surface area contributed by atoms with Crippen molar-refractivity contribution < 1.29 is 14.7 Å². The molecule has 1 aromatic carbocycles. The highest BCUT2D eigenvalue weighted by Gasteiger charge is 2.09. The number of hydrogen-bond donors (Lipinski definition) is 1. The quantitative estimate of drug-likeness (QED) is 0.863. The van der Waals surface area contributed by atoms with Gasteiger partial charge in [0.1, 0.15) is 5.69 Å². The second kappa shape index (κ2) is 4.98. The molecule has 2 rings (SSSR count). The fourth-order valence-corrected chi connectivity index (χ4v) is 1.72. The Hall–Kier alpha value is -2.20. The summed E-state index contributed by atoms with van der Waals surface area (Å²) in [5.41, 5.74) is 1.15. The van der Waals surface area contributed by atoms with E-state index in [-0.39, 0.29) is 11.3 Å². The Kier molecular flexibility index (Phi) is 3.39. The first-order valence-electron chi connectivity index (χ1n) is 5.06. The average Bonchev–Trinajstić information content (AvgIpc) is 2.38. The van der Waals surface area contributed by atoms with Crippen LogP contribution in [0.5, 0.6) is 0 Å². The van der Waals surface area contributed by atoms with E-state index in [9.17, 15) is 9.59 Å². The number of carbonyl (C=O) groups is 2. The SMILES string of the molecule is O=Cc1cc(C(=O)O)cc(-c2cccc(Cl)c2)n1. The van der Waals surface area contributed by atoms with Gasteiger partial charge in [0.15, 0.2) is 6.29 Å². The van der Waals surface area contributed by atoms with Crippen molar-refractivity contribution in [1.82, 2.24) is 4.98 Å². The molecule has 0 saturated heterocycles. The predicted molar refractivity (Wildman–Crippen MR) is 67.0 cm³/mol. The molecule has 0 atom stereocenters. The number of benzene rings is 1. The van der Waals surface area contributed by atoms with E-state index in [2.05, 4.69) is 4.98 Å². The minimum absolute atomic E-state index is 0.0158. The summed E-state index contributed by atoms with van der Waals surface area (Å²) in [6.07, 6.45) is 0.514. The van der Waals surface area contributed by atoms with Crippen molar-refractivity contribution in [1.29, 1.82) is 0 Å². The monoisotopic (exact) mass is 261 g/mol.